The first-order valence-electron chi connectivity index (χ1n) is 9.33. The Balaban J connectivity index is 1.74. The van der Waals surface area contributed by atoms with Crippen molar-refractivity contribution in [1.29, 1.82) is 0 Å². The third kappa shape index (κ3) is 2.97. The highest BCUT2D eigenvalue weighted by Crippen LogP contribution is 2.37. The second-order valence-corrected chi connectivity index (χ2v) is 6.90. The summed E-state index contributed by atoms with van der Waals surface area (Å²) in [6.45, 7) is 0.557. The fourth-order valence-electron chi connectivity index (χ4n) is 3.74. The normalized spacial score (nSPS) is 11.2. The number of nitrogens with one attached hydrogen (secondary N) is 1. The molecule has 0 aliphatic rings. The molecule has 7 heteroatoms. The largest absolute Gasteiger partial charge is 0.497 e. The molecule has 0 amide bonds. The van der Waals surface area contributed by atoms with Gasteiger partial charge in [-0.25, -0.2) is 9.97 Å². The van der Waals surface area contributed by atoms with Crippen molar-refractivity contribution in [3.05, 3.63) is 73.2 Å². The maximum atomic E-state index is 5.41. The van der Waals surface area contributed by atoms with E-state index in [0.717, 1.165) is 45.0 Å². The molecule has 2 aromatic carbocycles. The highest BCUT2D eigenvalue weighted by molar-refractivity contribution is 5.99. The van der Waals surface area contributed by atoms with Crippen molar-refractivity contribution >= 4 is 10.9 Å². The zero-order chi connectivity index (χ0) is 19.8. The van der Waals surface area contributed by atoms with Gasteiger partial charge >= 0.3 is 0 Å². The van der Waals surface area contributed by atoms with Crippen LogP contribution in [0.3, 0.4) is 0 Å². The number of hydrogen-bond donors (Lipinski definition) is 1. The lowest BCUT2D eigenvalue weighted by Gasteiger charge is -2.09. The molecule has 0 saturated carbocycles. The van der Waals surface area contributed by atoms with Crippen LogP contribution in [0.5, 0.6) is 5.75 Å². The van der Waals surface area contributed by atoms with Crippen molar-refractivity contribution in [3.8, 4) is 28.3 Å². The number of benzene rings is 2. The highest BCUT2D eigenvalue weighted by Gasteiger charge is 2.20. The standard InChI is InChI=1S/C22H20N6O/c1-27-11-18(17-9-8-16(29-2)10-19(17)27)22-21(15-6-4-3-5-7-15)24-14-28(22)12-20-23-13-25-26-20/h3-11,13-14H,12H2,1-2H3,(H,23,25,26). The van der Waals surface area contributed by atoms with Crippen LogP contribution >= 0.6 is 0 Å². The van der Waals surface area contributed by atoms with Gasteiger partial charge in [0.1, 0.15) is 17.9 Å². The smallest absolute Gasteiger partial charge is 0.144 e. The first-order valence-corrected chi connectivity index (χ1v) is 9.33. The molecule has 0 saturated heterocycles. The maximum Gasteiger partial charge on any atom is 0.144 e. The van der Waals surface area contributed by atoms with Crippen LogP contribution in [0.4, 0.5) is 0 Å². The molecule has 0 unspecified atom stereocenters. The van der Waals surface area contributed by atoms with Crippen molar-refractivity contribution in [3.63, 3.8) is 0 Å². The molecule has 0 bridgehead atoms. The number of hydrogen-bond acceptors (Lipinski definition) is 4. The van der Waals surface area contributed by atoms with Crippen LogP contribution in [0.25, 0.3) is 33.4 Å². The Morgan fingerprint density at radius 3 is 2.69 bits per heavy atom. The Bertz CT molecular complexity index is 1270. The van der Waals surface area contributed by atoms with Gasteiger partial charge in [0.15, 0.2) is 0 Å². The fourth-order valence-corrected chi connectivity index (χ4v) is 3.74. The summed E-state index contributed by atoms with van der Waals surface area (Å²) in [5.41, 5.74) is 5.27. The average Bonchev–Trinajstić information content (AvgIpc) is 3.48. The van der Waals surface area contributed by atoms with Gasteiger partial charge in [-0.1, -0.05) is 30.3 Å². The quantitative estimate of drug-likeness (QED) is 0.499. The molecule has 0 fully saturated rings. The molecule has 5 rings (SSSR count). The summed E-state index contributed by atoms with van der Waals surface area (Å²) >= 11 is 0. The highest BCUT2D eigenvalue weighted by atomic mass is 16.5. The van der Waals surface area contributed by atoms with E-state index in [0.29, 0.717) is 6.54 Å². The molecule has 144 valence electrons. The minimum atomic E-state index is 0.557. The zero-order valence-corrected chi connectivity index (χ0v) is 16.2. The first-order chi connectivity index (χ1) is 14.2. The maximum absolute atomic E-state index is 5.41. The SMILES string of the molecule is COc1ccc2c(-c3c(-c4ccccc4)ncn3Cc3ncn[nH]3)cn(C)c2c1. The molecule has 0 aliphatic carbocycles. The van der Waals surface area contributed by atoms with Crippen molar-refractivity contribution < 1.29 is 4.74 Å². The van der Waals surface area contributed by atoms with Crippen LogP contribution in [-0.4, -0.2) is 36.4 Å². The first kappa shape index (κ1) is 17.2. The van der Waals surface area contributed by atoms with Crippen molar-refractivity contribution in [2.24, 2.45) is 7.05 Å². The van der Waals surface area contributed by atoms with Gasteiger partial charge in [0.2, 0.25) is 0 Å². The Morgan fingerprint density at radius 1 is 1.07 bits per heavy atom. The van der Waals surface area contributed by atoms with E-state index in [2.05, 4.69) is 54.8 Å². The Hall–Kier alpha value is -3.87. The van der Waals surface area contributed by atoms with E-state index < -0.39 is 0 Å². The molecule has 3 aromatic heterocycles. The number of nitrogens with zero attached hydrogens (tertiary/aromatic N) is 5. The Labute approximate surface area is 167 Å². The van der Waals surface area contributed by atoms with Gasteiger partial charge in [-0.3, -0.25) is 5.10 Å². The second kappa shape index (κ2) is 6.94. The van der Waals surface area contributed by atoms with Gasteiger partial charge in [-0.2, -0.15) is 5.10 Å². The van der Waals surface area contributed by atoms with Gasteiger partial charge in [0.05, 0.1) is 36.9 Å². The number of aryl methyl sites for hydroxylation is 1. The van der Waals surface area contributed by atoms with Crippen molar-refractivity contribution in [2.45, 2.75) is 6.54 Å². The van der Waals surface area contributed by atoms with Crippen LogP contribution in [0.1, 0.15) is 5.82 Å². The van der Waals surface area contributed by atoms with Gasteiger partial charge < -0.3 is 13.9 Å². The number of H-pyrrole nitrogens is 1. The lowest BCUT2D eigenvalue weighted by Crippen LogP contribution is -2.02. The number of imidazole rings is 1. The lowest BCUT2D eigenvalue weighted by molar-refractivity contribution is 0.415. The van der Waals surface area contributed by atoms with Crippen LogP contribution in [-0.2, 0) is 13.6 Å². The average molecular weight is 384 g/mol. The molecule has 0 radical (unpaired) electrons. The number of ether oxygens (including phenoxy) is 1. The second-order valence-electron chi connectivity index (χ2n) is 6.90. The van der Waals surface area contributed by atoms with Crippen molar-refractivity contribution in [1.82, 2.24) is 29.3 Å². The third-order valence-corrected chi connectivity index (χ3v) is 5.12. The molecule has 5 aromatic rings. The molecular weight excluding hydrogens is 364 g/mol. The van der Waals surface area contributed by atoms with Gasteiger partial charge in [0, 0.05) is 35.8 Å². The summed E-state index contributed by atoms with van der Waals surface area (Å²) in [6.07, 6.45) is 5.53. The van der Waals surface area contributed by atoms with E-state index in [-0.39, 0.29) is 0 Å². The van der Waals surface area contributed by atoms with Crippen LogP contribution in [0.2, 0.25) is 0 Å². The number of methoxy groups -OCH3 is 1. The van der Waals surface area contributed by atoms with Crippen LogP contribution < -0.4 is 4.74 Å². The zero-order valence-electron chi connectivity index (χ0n) is 16.2. The number of aromatic amines is 1. The molecule has 29 heavy (non-hydrogen) atoms. The van der Waals surface area contributed by atoms with Crippen LogP contribution in [0, 0.1) is 0 Å². The van der Waals surface area contributed by atoms with E-state index in [1.165, 1.54) is 6.33 Å². The Morgan fingerprint density at radius 2 is 1.93 bits per heavy atom. The summed E-state index contributed by atoms with van der Waals surface area (Å²) in [6, 6.07) is 16.4. The van der Waals surface area contributed by atoms with E-state index in [9.17, 15) is 0 Å². The van der Waals surface area contributed by atoms with E-state index >= 15 is 0 Å². The minimum absolute atomic E-state index is 0.557. The number of rotatable bonds is 5. The van der Waals surface area contributed by atoms with E-state index in [4.69, 9.17) is 9.72 Å². The van der Waals surface area contributed by atoms with Gasteiger partial charge in [-0.05, 0) is 12.1 Å². The summed E-state index contributed by atoms with van der Waals surface area (Å²) in [7, 11) is 3.73. The van der Waals surface area contributed by atoms with Crippen LogP contribution in [0.15, 0.2) is 67.4 Å². The summed E-state index contributed by atoms with van der Waals surface area (Å²) in [5.74, 6) is 1.62. The lowest BCUT2D eigenvalue weighted by atomic mass is 10.0. The minimum Gasteiger partial charge on any atom is -0.497 e. The molecule has 0 atom stereocenters. The molecular formula is C22H20N6O. The summed E-state index contributed by atoms with van der Waals surface area (Å²) < 4.78 is 9.65. The van der Waals surface area contributed by atoms with E-state index in [1.54, 1.807) is 7.11 Å². The fraction of sp³-hybridized carbons (Fsp3) is 0.136. The molecule has 1 N–H and O–H groups in total. The third-order valence-electron chi connectivity index (χ3n) is 5.12. The summed E-state index contributed by atoms with van der Waals surface area (Å²) in [5, 5.41) is 8.05. The molecule has 0 spiro atoms. The van der Waals surface area contributed by atoms with Crippen molar-refractivity contribution in [2.75, 3.05) is 7.11 Å². The molecule has 3 heterocycles. The number of aromatic nitrogens is 6. The van der Waals surface area contributed by atoms with Gasteiger partial charge in [0.25, 0.3) is 0 Å². The number of fused-ring (bicyclic) bond motifs is 1. The molecule has 0 aliphatic heterocycles. The van der Waals surface area contributed by atoms with Gasteiger partial charge in [-0.15, -0.1) is 0 Å². The predicted octanol–water partition coefficient (Wildman–Crippen LogP) is 3.88. The Kier molecular flexibility index (Phi) is 4.13. The van der Waals surface area contributed by atoms with E-state index in [1.807, 2.05) is 37.6 Å². The summed E-state index contributed by atoms with van der Waals surface area (Å²) in [4.78, 5) is 9.04. The monoisotopic (exact) mass is 384 g/mol. The topological polar surface area (TPSA) is 73.6 Å². The predicted molar refractivity (Wildman–Crippen MR) is 112 cm³/mol. The molecule has 7 nitrogen and oxygen atoms in total.